The first kappa shape index (κ1) is 20.5. The maximum Gasteiger partial charge on any atom is 0.191 e. The minimum Gasteiger partial charge on any atom is -0.379 e. The minimum absolute atomic E-state index is 0.210. The van der Waals surface area contributed by atoms with Crippen LogP contribution in [0.15, 0.2) is 29.3 Å². The Morgan fingerprint density at radius 3 is 2.35 bits per heavy atom. The van der Waals surface area contributed by atoms with Crippen molar-refractivity contribution >= 4 is 11.6 Å². The average molecular weight is 366 g/mol. The standard InChI is InChI=1S/C19H31FN4O2/c1-2-3-13-25-15-16-26-14-8-22-19(21)24-11-9-23(10-12-24)18-6-4-17(20)5-7-18/h4-7H,2-3,8-16H2,1H3,(H2,21,22). The molecule has 1 heterocycles. The highest BCUT2D eigenvalue weighted by atomic mass is 19.1. The van der Waals surface area contributed by atoms with Crippen LogP contribution >= 0.6 is 0 Å². The Labute approximate surface area is 155 Å². The lowest BCUT2D eigenvalue weighted by atomic mass is 10.2. The molecule has 0 atom stereocenters. The zero-order chi connectivity index (χ0) is 18.6. The van der Waals surface area contributed by atoms with E-state index in [1.165, 1.54) is 12.1 Å². The molecule has 1 fully saturated rings. The molecule has 2 rings (SSSR count). The maximum atomic E-state index is 13.0. The van der Waals surface area contributed by atoms with Gasteiger partial charge in [0.15, 0.2) is 5.96 Å². The van der Waals surface area contributed by atoms with Crippen molar-refractivity contribution < 1.29 is 13.9 Å². The van der Waals surface area contributed by atoms with Gasteiger partial charge in [-0.05, 0) is 30.7 Å². The molecule has 2 N–H and O–H groups in total. The zero-order valence-corrected chi connectivity index (χ0v) is 15.7. The Balaban J connectivity index is 1.59. The van der Waals surface area contributed by atoms with Gasteiger partial charge in [0, 0.05) is 38.5 Å². The molecule has 0 bridgehead atoms. The molecule has 1 aliphatic rings. The van der Waals surface area contributed by atoms with E-state index in [0.717, 1.165) is 51.3 Å². The molecule has 6 nitrogen and oxygen atoms in total. The number of anilines is 1. The Morgan fingerprint density at radius 1 is 1.04 bits per heavy atom. The van der Waals surface area contributed by atoms with Crippen LogP contribution in [0.25, 0.3) is 0 Å². The molecule has 0 aromatic heterocycles. The number of guanidine groups is 1. The van der Waals surface area contributed by atoms with Gasteiger partial charge in [-0.25, -0.2) is 4.39 Å². The Kier molecular flexibility index (Phi) is 9.20. The summed E-state index contributed by atoms with van der Waals surface area (Å²) in [4.78, 5) is 8.70. The SMILES string of the molecule is CCCCOCCOCCN=C(N)N1CCN(c2ccc(F)cc2)CC1. The van der Waals surface area contributed by atoms with E-state index in [1.807, 2.05) is 12.1 Å². The number of benzene rings is 1. The second kappa shape index (κ2) is 11.7. The van der Waals surface area contributed by atoms with E-state index in [4.69, 9.17) is 15.2 Å². The normalized spacial score (nSPS) is 15.5. The van der Waals surface area contributed by atoms with E-state index in [-0.39, 0.29) is 5.82 Å². The molecule has 1 aromatic rings. The number of rotatable bonds is 10. The molecule has 0 radical (unpaired) electrons. The highest BCUT2D eigenvalue weighted by Crippen LogP contribution is 2.16. The van der Waals surface area contributed by atoms with Crippen LogP contribution in [0.4, 0.5) is 10.1 Å². The fourth-order valence-corrected chi connectivity index (χ4v) is 2.74. The van der Waals surface area contributed by atoms with Gasteiger partial charge in [0.1, 0.15) is 5.82 Å². The van der Waals surface area contributed by atoms with Crippen LogP contribution in [0, 0.1) is 5.82 Å². The van der Waals surface area contributed by atoms with E-state index in [1.54, 1.807) is 0 Å². The number of aliphatic imine (C=N–C) groups is 1. The molecule has 0 aliphatic carbocycles. The van der Waals surface area contributed by atoms with Gasteiger partial charge < -0.3 is 25.0 Å². The first-order chi connectivity index (χ1) is 12.7. The molecule has 0 amide bonds. The van der Waals surface area contributed by atoms with Gasteiger partial charge in [-0.3, -0.25) is 4.99 Å². The lowest BCUT2D eigenvalue weighted by molar-refractivity contribution is 0.0497. The first-order valence-corrected chi connectivity index (χ1v) is 9.41. The van der Waals surface area contributed by atoms with Gasteiger partial charge in [-0.2, -0.15) is 0 Å². The third-order valence-corrected chi connectivity index (χ3v) is 4.32. The Morgan fingerprint density at radius 2 is 1.69 bits per heavy atom. The van der Waals surface area contributed by atoms with Crippen LogP contribution < -0.4 is 10.6 Å². The summed E-state index contributed by atoms with van der Waals surface area (Å²) in [7, 11) is 0. The van der Waals surface area contributed by atoms with Crippen LogP contribution in [0.5, 0.6) is 0 Å². The summed E-state index contributed by atoms with van der Waals surface area (Å²) in [6.07, 6.45) is 2.24. The number of nitrogens with two attached hydrogens (primary N) is 1. The molecule has 0 saturated carbocycles. The van der Waals surface area contributed by atoms with Crippen molar-refractivity contribution in [3.05, 3.63) is 30.1 Å². The molecular formula is C19H31FN4O2. The van der Waals surface area contributed by atoms with E-state index in [0.29, 0.717) is 32.3 Å². The number of ether oxygens (including phenoxy) is 2. The summed E-state index contributed by atoms with van der Waals surface area (Å²) in [5, 5.41) is 0. The number of unbranched alkanes of at least 4 members (excludes halogenated alkanes) is 1. The molecular weight excluding hydrogens is 335 g/mol. The fourth-order valence-electron chi connectivity index (χ4n) is 2.74. The second-order valence-corrected chi connectivity index (χ2v) is 6.27. The Hall–Kier alpha value is -1.86. The van der Waals surface area contributed by atoms with Crippen molar-refractivity contribution in [3.63, 3.8) is 0 Å². The van der Waals surface area contributed by atoms with E-state index < -0.39 is 0 Å². The van der Waals surface area contributed by atoms with Crippen LogP contribution in [-0.4, -0.2) is 70.0 Å². The predicted molar refractivity (Wildman–Crippen MR) is 103 cm³/mol. The number of halogens is 1. The van der Waals surface area contributed by atoms with Gasteiger partial charge in [0.05, 0.1) is 26.4 Å². The van der Waals surface area contributed by atoms with Gasteiger partial charge >= 0.3 is 0 Å². The number of nitrogens with zero attached hydrogens (tertiary/aromatic N) is 3. The van der Waals surface area contributed by atoms with E-state index in [2.05, 4.69) is 21.7 Å². The van der Waals surface area contributed by atoms with Crippen molar-refractivity contribution in [3.8, 4) is 0 Å². The van der Waals surface area contributed by atoms with Crippen molar-refractivity contribution in [1.82, 2.24) is 4.90 Å². The van der Waals surface area contributed by atoms with Crippen LogP contribution in [-0.2, 0) is 9.47 Å². The van der Waals surface area contributed by atoms with E-state index in [9.17, 15) is 4.39 Å². The lowest BCUT2D eigenvalue weighted by Crippen LogP contribution is -2.51. The van der Waals surface area contributed by atoms with Crippen molar-refractivity contribution in [2.45, 2.75) is 19.8 Å². The monoisotopic (exact) mass is 366 g/mol. The van der Waals surface area contributed by atoms with Crippen molar-refractivity contribution in [1.29, 1.82) is 0 Å². The molecule has 0 unspecified atom stereocenters. The lowest BCUT2D eigenvalue weighted by Gasteiger charge is -2.36. The topological polar surface area (TPSA) is 63.3 Å². The highest BCUT2D eigenvalue weighted by molar-refractivity contribution is 5.78. The quantitative estimate of drug-likeness (QED) is 0.390. The van der Waals surface area contributed by atoms with Gasteiger partial charge in [0.2, 0.25) is 0 Å². The molecule has 7 heteroatoms. The fraction of sp³-hybridized carbons (Fsp3) is 0.632. The summed E-state index contributed by atoms with van der Waals surface area (Å²) in [6.45, 7) is 8.56. The summed E-state index contributed by atoms with van der Waals surface area (Å²) >= 11 is 0. The minimum atomic E-state index is -0.210. The number of piperazine rings is 1. The molecule has 0 spiro atoms. The largest absolute Gasteiger partial charge is 0.379 e. The summed E-state index contributed by atoms with van der Waals surface area (Å²) in [6, 6.07) is 6.61. The smallest absolute Gasteiger partial charge is 0.191 e. The van der Waals surface area contributed by atoms with Crippen LogP contribution in [0.2, 0.25) is 0 Å². The molecule has 26 heavy (non-hydrogen) atoms. The molecule has 1 saturated heterocycles. The number of hydrogen-bond acceptors (Lipinski definition) is 4. The van der Waals surface area contributed by atoms with Crippen molar-refractivity contribution in [2.24, 2.45) is 10.7 Å². The predicted octanol–water partition coefficient (Wildman–Crippen LogP) is 2.10. The highest BCUT2D eigenvalue weighted by Gasteiger charge is 2.18. The van der Waals surface area contributed by atoms with Gasteiger partial charge in [0.25, 0.3) is 0 Å². The number of hydrogen-bond donors (Lipinski definition) is 1. The zero-order valence-electron chi connectivity index (χ0n) is 15.7. The van der Waals surface area contributed by atoms with Gasteiger partial charge in [-0.15, -0.1) is 0 Å². The van der Waals surface area contributed by atoms with E-state index >= 15 is 0 Å². The Bertz CT molecular complexity index is 531. The van der Waals surface area contributed by atoms with Gasteiger partial charge in [-0.1, -0.05) is 13.3 Å². The third kappa shape index (κ3) is 7.17. The third-order valence-electron chi connectivity index (χ3n) is 4.32. The second-order valence-electron chi connectivity index (χ2n) is 6.27. The maximum absolute atomic E-state index is 13.0. The molecule has 1 aromatic carbocycles. The van der Waals surface area contributed by atoms with Crippen molar-refractivity contribution in [2.75, 3.05) is 64.1 Å². The first-order valence-electron chi connectivity index (χ1n) is 9.41. The van der Waals surface area contributed by atoms with Crippen LogP contribution in [0.1, 0.15) is 19.8 Å². The molecule has 1 aliphatic heterocycles. The summed E-state index contributed by atoms with van der Waals surface area (Å²) in [5.74, 6) is 0.352. The van der Waals surface area contributed by atoms with Crippen LogP contribution in [0.3, 0.4) is 0 Å². The summed E-state index contributed by atoms with van der Waals surface area (Å²) in [5.41, 5.74) is 7.11. The average Bonchev–Trinajstić information content (AvgIpc) is 2.67. The summed E-state index contributed by atoms with van der Waals surface area (Å²) < 4.78 is 23.9. The molecule has 146 valence electrons.